The number of hydrogen-bond donors (Lipinski definition) is 3. The molecule has 160 valence electrons. The van der Waals surface area contributed by atoms with Crippen LogP contribution in [-0.4, -0.2) is 28.4 Å². The Kier molecular flexibility index (Phi) is 5.38. The van der Waals surface area contributed by atoms with E-state index in [1.54, 1.807) is 7.11 Å². The molecule has 12 heteroatoms. The summed E-state index contributed by atoms with van der Waals surface area (Å²) in [5, 5.41) is 6.59. The van der Waals surface area contributed by atoms with Crippen molar-refractivity contribution >= 4 is 49.7 Å². The largest absolute Gasteiger partial charge is 0.573 e. The third-order valence-electron chi connectivity index (χ3n) is 4.06. The lowest BCUT2D eigenvalue weighted by atomic mass is 10.3. The molecule has 4 rings (SSSR count). The predicted molar refractivity (Wildman–Crippen MR) is 112 cm³/mol. The molecule has 2 heterocycles. The molecular formula is C19H15F3N6O2S. The van der Waals surface area contributed by atoms with E-state index in [1.165, 1.54) is 41.9 Å². The molecule has 4 N–H and O–H groups in total. The first-order valence-electron chi connectivity index (χ1n) is 8.75. The Hall–Kier alpha value is -3.80. The van der Waals surface area contributed by atoms with Crippen LogP contribution in [-0.2, 0) is 0 Å². The van der Waals surface area contributed by atoms with Crippen LogP contribution in [0.3, 0.4) is 0 Å². The van der Waals surface area contributed by atoms with Crippen LogP contribution in [0.1, 0.15) is 0 Å². The minimum absolute atomic E-state index is 0.218. The van der Waals surface area contributed by atoms with E-state index >= 15 is 0 Å². The molecule has 4 aromatic rings. The average molecular weight is 448 g/mol. The zero-order valence-corrected chi connectivity index (χ0v) is 16.7. The average Bonchev–Trinajstić information content (AvgIpc) is 3.12. The van der Waals surface area contributed by atoms with E-state index in [1.807, 2.05) is 18.2 Å². The Bertz CT molecular complexity index is 1210. The molecule has 0 atom stereocenters. The number of thiazole rings is 1. The Morgan fingerprint density at radius 2 is 1.65 bits per heavy atom. The minimum Gasteiger partial charge on any atom is -0.497 e. The van der Waals surface area contributed by atoms with Gasteiger partial charge >= 0.3 is 6.36 Å². The predicted octanol–water partition coefficient (Wildman–Crippen LogP) is 5.06. The first kappa shape index (κ1) is 20.5. The van der Waals surface area contributed by atoms with E-state index in [2.05, 4.69) is 30.3 Å². The number of nitrogens with one attached hydrogen (secondary N) is 2. The molecule has 0 bridgehead atoms. The summed E-state index contributed by atoms with van der Waals surface area (Å²) in [7, 11) is 1.59. The van der Waals surface area contributed by atoms with Crippen molar-refractivity contribution in [3.63, 3.8) is 0 Å². The monoisotopic (exact) mass is 448 g/mol. The number of benzene rings is 2. The van der Waals surface area contributed by atoms with Crippen LogP contribution >= 0.6 is 11.3 Å². The smallest absolute Gasteiger partial charge is 0.497 e. The molecule has 8 nitrogen and oxygen atoms in total. The first-order valence-corrected chi connectivity index (χ1v) is 9.57. The van der Waals surface area contributed by atoms with E-state index in [0.717, 1.165) is 16.0 Å². The van der Waals surface area contributed by atoms with Crippen LogP contribution < -0.4 is 25.8 Å². The molecule has 0 unspecified atom stereocenters. The van der Waals surface area contributed by atoms with E-state index in [4.69, 9.17) is 10.5 Å². The van der Waals surface area contributed by atoms with Crippen molar-refractivity contribution < 1.29 is 22.6 Å². The van der Waals surface area contributed by atoms with E-state index in [-0.39, 0.29) is 17.3 Å². The molecular weight excluding hydrogens is 433 g/mol. The summed E-state index contributed by atoms with van der Waals surface area (Å²) in [5.74, 6) is 1.01. The summed E-state index contributed by atoms with van der Waals surface area (Å²) in [5.41, 5.74) is 7.65. The van der Waals surface area contributed by atoms with Gasteiger partial charge in [0.1, 0.15) is 23.5 Å². The first-order chi connectivity index (χ1) is 14.8. The number of nitrogens with two attached hydrogens (primary N) is 1. The van der Waals surface area contributed by atoms with Gasteiger partial charge in [-0.05, 0) is 42.5 Å². The van der Waals surface area contributed by atoms with Crippen molar-refractivity contribution in [3.8, 4) is 11.5 Å². The summed E-state index contributed by atoms with van der Waals surface area (Å²) < 4.78 is 46.8. The second-order valence-electron chi connectivity index (χ2n) is 6.16. The SMILES string of the molecule is COc1ccc2nc(Nc3ncnc(Nc4ccc(OC(F)(F)F)cc4)c3N)sc2c1. The molecule has 0 radical (unpaired) electrons. The second-order valence-corrected chi connectivity index (χ2v) is 7.19. The summed E-state index contributed by atoms with van der Waals surface area (Å²) in [6.07, 6.45) is -3.45. The van der Waals surface area contributed by atoms with E-state index < -0.39 is 6.36 Å². The molecule has 0 fully saturated rings. The highest BCUT2D eigenvalue weighted by molar-refractivity contribution is 7.22. The number of methoxy groups -OCH3 is 1. The molecule has 0 saturated carbocycles. The lowest BCUT2D eigenvalue weighted by molar-refractivity contribution is -0.274. The van der Waals surface area contributed by atoms with Gasteiger partial charge in [0.05, 0.1) is 17.3 Å². The second kappa shape index (κ2) is 8.14. The number of hydrogen-bond acceptors (Lipinski definition) is 9. The van der Waals surface area contributed by atoms with Crippen molar-refractivity contribution in [1.29, 1.82) is 0 Å². The molecule has 2 aromatic carbocycles. The van der Waals surface area contributed by atoms with Crippen molar-refractivity contribution in [2.24, 2.45) is 0 Å². The van der Waals surface area contributed by atoms with Crippen molar-refractivity contribution in [3.05, 3.63) is 48.8 Å². The number of nitrogen functional groups attached to an aromatic ring is 1. The molecule has 2 aromatic heterocycles. The fraction of sp³-hybridized carbons (Fsp3) is 0.105. The topological polar surface area (TPSA) is 107 Å². The summed E-state index contributed by atoms with van der Waals surface area (Å²) in [6.45, 7) is 0. The Morgan fingerprint density at radius 3 is 2.32 bits per heavy atom. The number of nitrogens with zero attached hydrogens (tertiary/aromatic N) is 3. The maximum atomic E-state index is 12.3. The highest BCUT2D eigenvalue weighted by Gasteiger charge is 2.30. The van der Waals surface area contributed by atoms with Crippen LogP contribution in [0.15, 0.2) is 48.8 Å². The van der Waals surface area contributed by atoms with Gasteiger partial charge in [0.15, 0.2) is 16.8 Å². The number of alkyl halides is 3. The van der Waals surface area contributed by atoms with Crippen LogP contribution in [0, 0.1) is 0 Å². The lowest BCUT2D eigenvalue weighted by Gasteiger charge is -2.12. The minimum atomic E-state index is -4.75. The highest BCUT2D eigenvalue weighted by Crippen LogP contribution is 2.33. The maximum Gasteiger partial charge on any atom is 0.573 e. The molecule has 0 aliphatic heterocycles. The molecule has 0 saturated heterocycles. The van der Waals surface area contributed by atoms with Gasteiger partial charge in [-0.1, -0.05) is 11.3 Å². The van der Waals surface area contributed by atoms with Gasteiger partial charge in [-0.25, -0.2) is 15.0 Å². The summed E-state index contributed by atoms with van der Waals surface area (Å²) in [4.78, 5) is 12.7. The van der Waals surface area contributed by atoms with Crippen LogP contribution in [0.5, 0.6) is 11.5 Å². The van der Waals surface area contributed by atoms with Crippen molar-refractivity contribution in [2.45, 2.75) is 6.36 Å². The summed E-state index contributed by atoms with van der Waals surface area (Å²) >= 11 is 1.40. The number of anilines is 5. The zero-order valence-electron chi connectivity index (χ0n) is 15.9. The van der Waals surface area contributed by atoms with E-state index in [0.29, 0.717) is 16.6 Å². The fourth-order valence-electron chi connectivity index (χ4n) is 2.66. The number of fused-ring (bicyclic) bond motifs is 1. The van der Waals surface area contributed by atoms with Crippen molar-refractivity contribution in [1.82, 2.24) is 15.0 Å². The molecule has 0 aliphatic carbocycles. The normalized spacial score (nSPS) is 11.4. The van der Waals surface area contributed by atoms with Crippen LogP contribution in [0.2, 0.25) is 0 Å². The Labute approximate surface area is 177 Å². The number of rotatable bonds is 6. The molecule has 0 amide bonds. The molecule has 0 spiro atoms. The van der Waals surface area contributed by atoms with Gasteiger partial charge < -0.3 is 25.8 Å². The standard InChI is InChI=1S/C19H15F3N6O2S/c1-29-12-6-7-13-14(8-12)31-18(27-13)28-17-15(23)16(24-9-25-17)26-10-2-4-11(5-3-10)30-19(20,21)22/h2-9H,23H2,1H3,(H2,24,25,26,27,28). The fourth-order valence-corrected chi connectivity index (χ4v) is 3.55. The highest BCUT2D eigenvalue weighted by atomic mass is 32.1. The Balaban J connectivity index is 1.52. The van der Waals surface area contributed by atoms with E-state index in [9.17, 15) is 13.2 Å². The lowest BCUT2D eigenvalue weighted by Crippen LogP contribution is -2.17. The van der Waals surface area contributed by atoms with Gasteiger partial charge in [0.2, 0.25) is 0 Å². The maximum absolute atomic E-state index is 12.3. The van der Waals surface area contributed by atoms with Crippen LogP contribution in [0.25, 0.3) is 10.2 Å². The van der Waals surface area contributed by atoms with Gasteiger partial charge in [-0.15, -0.1) is 13.2 Å². The van der Waals surface area contributed by atoms with Crippen molar-refractivity contribution in [2.75, 3.05) is 23.5 Å². The molecule has 31 heavy (non-hydrogen) atoms. The number of ether oxygens (including phenoxy) is 2. The number of aromatic nitrogens is 3. The van der Waals surface area contributed by atoms with Gasteiger partial charge in [-0.3, -0.25) is 0 Å². The quantitative estimate of drug-likeness (QED) is 0.376. The van der Waals surface area contributed by atoms with Gasteiger partial charge in [-0.2, -0.15) is 0 Å². The van der Waals surface area contributed by atoms with Crippen LogP contribution in [0.4, 0.5) is 41.3 Å². The Morgan fingerprint density at radius 1 is 0.968 bits per heavy atom. The summed E-state index contributed by atoms with van der Waals surface area (Å²) in [6, 6.07) is 10.7. The van der Waals surface area contributed by atoms with Gasteiger partial charge in [0.25, 0.3) is 0 Å². The zero-order chi connectivity index (χ0) is 22.0. The van der Waals surface area contributed by atoms with Gasteiger partial charge in [0, 0.05) is 5.69 Å². The number of halogens is 3. The molecule has 0 aliphatic rings. The third kappa shape index (κ3) is 4.86. The third-order valence-corrected chi connectivity index (χ3v) is 4.99.